The highest BCUT2D eigenvalue weighted by molar-refractivity contribution is 7.80. The van der Waals surface area contributed by atoms with Crippen LogP contribution in [0.1, 0.15) is 28.1 Å². The molecule has 2 aromatic carbocycles. The van der Waals surface area contributed by atoms with Crippen LogP contribution in [0.4, 0.5) is 33.3 Å². The van der Waals surface area contributed by atoms with Gasteiger partial charge < -0.3 is 10.6 Å². The molecule has 0 unspecified atom stereocenters. The zero-order valence-corrected chi connectivity index (χ0v) is 17.9. The van der Waals surface area contributed by atoms with E-state index >= 15 is 0 Å². The zero-order valence-electron chi connectivity index (χ0n) is 17.1. The second-order valence-corrected chi connectivity index (χ2v) is 7.54. The maximum absolute atomic E-state index is 14.0. The fourth-order valence-electron chi connectivity index (χ4n) is 3.07. The number of anilines is 2. The molecule has 4 nitrogen and oxygen atoms in total. The van der Waals surface area contributed by atoms with Crippen LogP contribution in [0.5, 0.6) is 0 Å². The number of rotatable bonds is 4. The van der Waals surface area contributed by atoms with Gasteiger partial charge in [0.2, 0.25) is 5.82 Å². The third-order valence-electron chi connectivity index (χ3n) is 4.99. The Labute approximate surface area is 181 Å². The summed E-state index contributed by atoms with van der Waals surface area (Å²) in [6.45, 7) is 6.53. The Bertz CT molecular complexity index is 1160. The van der Waals surface area contributed by atoms with Gasteiger partial charge in [-0.25, -0.2) is 22.0 Å². The first kappa shape index (κ1) is 22.7. The van der Waals surface area contributed by atoms with E-state index in [1.165, 1.54) is 0 Å². The van der Waals surface area contributed by atoms with Crippen molar-refractivity contribution in [2.45, 2.75) is 34.2 Å². The number of thiocarbonyl (C=S) groups is 1. The fourth-order valence-corrected chi connectivity index (χ4v) is 3.29. The smallest absolute Gasteiger partial charge is 0.200 e. The molecule has 31 heavy (non-hydrogen) atoms. The standard InChI is InChI=1S/C21H19F5N4S/c1-9-5-6-13(7-10(9)2)27-21(31)28-20-11(3)29-30(12(20)4)8-14-15(22)17(24)19(26)18(25)16(14)23/h5-7H,8H2,1-4H3,(H2,27,28,31). The van der Waals surface area contributed by atoms with Crippen LogP contribution >= 0.6 is 12.2 Å². The van der Waals surface area contributed by atoms with Crippen LogP contribution < -0.4 is 10.6 Å². The molecule has 164 valence electrons. The molecule has 0 spiro atoms. The molecule has 0 bridgehead atoms. The minimum atomic E-state index is -2.20. The first-order chi connectivity index (χ1) is 14.5. The zero-order chi connectivity index (χ0) is 23.0. The molecule has 0 fully saturated rings. The van der Waals surface area contributed by atoms with Gasteiger partial charge in [-0.2, -0.15) is 5.10 Å². The summed E-state index contributed by atoms with van der Waals surface area (Å²) in [5, 5.41) is 10.4. The number of benzene rings is 2. The van der Waals surface area contributed by atoms with E-state index < -0.39 is 41.2 Å². The number of hydrogen-bond donors (Lipinski definition) is 2. The minimum absolute atomic E-state index is 0.255. The lowest BCUT2D eigenvalue weighted by Crippen LogP contribution is -2.20. The van der Waals surface area contributed by atoms with Crippen molar-refractivity contribution < 1.29 is 22.0 Å². The third kappa shape index (κ3) is 4.39. The summed E-state index contributed by atoms with van der Waals surface area (Å²) in [6, 6.07) is 5.73. The van der Waals surface area contributed by atoms with Gasteiger partial charge in [-0.1, -0.05) is 6.07 Å². The Morgan fingerprint density at radius 1 is 0.871 bits per heavy atom. The molecule has 0 saturated carbocycles. The van der Waals surface area contributed by atoms with Crippen LogP contribution in [0.25, 0.3) is 0 Å². The predicted molar refractivity (Wildman–Crippen MR) is 113 cm³/mol. The van der Waals surface area contributed by atoms with Gasteiger partial charge in [0.05, 0.1) is 29.2 Å². The van der Waals surface area contributed by atoms with E-state index in [2.05, 4.69) is 15.7 Å². The van der Waals surface area contributed by atoms with Crippen molar-refractivity contribution in [2.24, 2.45) is 0 Å². The molecule has 10 heteroatoms. The monoisotopic (exact) mass is 454 g/mol. The molecular weight excluding hydrogens is 435 g/mol. The van der Waals surface area contributed by atoms with Crippen LogP contribution in [-0.4, -0.2) is 14.9 Å². The van der Waals surface area contributed by atoms with Gasteiger partial charge in [-0.15, -0.1) is 0 Å². The molecule has 0 aliphatic carbocycles. The Kier molecular flexibility index (Phi) is 6.30. The summed E-state index contributed by atoms with van der Waals surface area (Å²) in [7, 11) is 0. The van der Waals surface area contributed by atoms with Crippen molar-refractivity contribution in [2.75, 3.05) is 10.6 Å². The maximum Gasteiger partial charge on any atom is 0.200 e. The molecule has 3 rings (SSSR count). The Morgan fingerprint density at radius 3 is 2.03 bits per heavy atom. The van der Waals surface area contributed by atoms with Gasteiger partial charge in [0.15, 0.2) is 28.4 Å². The van der Waals surface area contributed by atoms with Crippen molar-refractivity contribution in [3.05, 3.63) is 75.4 Å². The molecule has 0 atom stereocenters. The van der Waals surface area contributed by atoms with Crippen LogP contribution in [-0.2, 0) is 6.54 Å². The van der Waals surface area contributed by atoms with E-state index in [9.17, 15) is 22.0 Å². The highest BCUT2D eigenvalue weighted by Crippen LogP contribution is 2.26. The molecule has 0 radical (unpaired) electrons. The molecule has 0 aliphatic heterocycles. The van der Waals surface area contributed by atoms with Crippen molar-refractivity contribution in [1.29, 1.82) is 0 Å². The van der Waals surface area contributed by atoms with E-state index in [-0.39, 0.29) is 5.11 Å². The summed E-state index contributed by atoms with van der Waals surface area (Å²) >= 11 is 5.32. The van der Waals surface area contributed by atoms with E-state index in [4.69, 9.17) is 12.2 Å². The summed E-state index contributed by atoms with van der Waals surface area (Å²) in [4.78, 5) is 0. The van der Waals surface area contributed by atoms with Crippen molar-refractivity contribution in [3.8, 4) is 0 Å². The van der Waals surface area contributed by atoms with Gasteiger partial charge in [0, 0.05) is 5.69 Å². The molecule has 1 aromatic heterocycles. The Balaban J connectivity index is 1.84. The predicted octanol–water partition coefficient (Wildman–Crippen LogP) is 5.67. The van der Waals surface area contributed by atoms with Crippen LogP contribution in [0, 0.1) is 56.8 Å². The molecule has 2 N–H and O–H groups in total. The molecular formula is C21H19F5N4S. The fraction of sp³-hybridized carbons (Fsp3) is 0.238. The van der Waals surface area contributed by atoms with Gasteiger partial charge in [-0.05, 0) is 63.2 Å². The van der Waals surface area contributed by atoms with Crippen molar-refractivity contribution >= 4 is 28.7 Å². The Morgan fingerprint density at radius 2 is 1.45 bits per heavy atom. The molecule has 0 amide bonds. The van der Waals surface area contributed by atoms with Gasteiger partial charge in [-0.3, -0.25) is 4.68 Å². The Hall–Kier alpha value is -3.01. The number of hydrogen-bond acceptors (Lipinski definition) is 2. The number of aryl methyl sites for hydroxylation is 3. The average molecular weight is 454 g/mol. The van der Waals surface area contributed by atoms with Gasteiger partial charge >= 0.3 is 0 Å². The lowest BCUT2D eigenvalue weighted by molar-refractivity contribution is 0.366. The summed E-state index contributed by atoms with van der Waals surface area (Å²) < 4.78 is 69.5. The van der Waals surface area contributed by atoms with E-state index in [1.54, 1.807) is 13.8 Å². The highest BCUT2D eigenvalue weighted by atomic mass is 32.1. The van der Waals surface area contributed by atoms with Crippen molar-refractivity contribution in [1.82, 2.24) is 9.78 Å². The summed E-state index contributed by atoms with van der Waals surface area (Å²) in [5.74, 6) is -9.95. The van der Waals surface area contributed by atoms with Crippen LogP contribution in [0.15, 0.2) is 18.2 Å². The minimum Gasteiger partial charge on any atom is -0.332 e. The first-order valence-corrected chi connectivity index (χ1v) is 9.61. The SMILES string of the molecule is Cc1ccc(NC(=S)Nc2c(C)nn(Cc3c(F)c(F)c(F)c(F)c3F)c2C)cc1C. The number of aromatic nitrogens is 2. The lowest BCUT2D eigenvalue weighted by Gasteiger charge is -2.13. The van der Waals surface area contributed by atoms with E-state index in [0.29, 0.717) is 17.1 Å². The number of nitrogens with zero attached hydrogens (tertiary/aromatic N) is 2. The number of halogens is 5. The number of nitrogens with one attached hydrogen (secondary N) is 2. The second kappa shape index (κ2) is 8.62. The molecule has 3 aromatic rings. The largest absolute Gasteiger partial charge is 0.332 e. The molecule has 1 heterocycles. The maximum atomic E-state index is 14.0. The lowest BCUT2D eigenvalue weighted by atomic mass is 10.1. The normalized spacial score (nSPS) is 11.0. The first-order valence-electron chi connectivity index (χ1n) is 9.20. The van der Waals surface area contributed by atoms with Gasteiger partial charge in [0.1, 0.15) is 0 Å². The average Bonchev–Trinajstić information content (AvgIpc) is 2.98. The molecule has 0 saturated heterocycles. The quantitative estimate of drug-likeness (QED) is 0.231. The van der Waals surface area contributed by atoms with Gasteiger partial charge in [0.25, 0.3) is 0 Å². The third-order valence-corrected chi connectivity index (χ3v) is 5.20. The highest BCUT2D eigenvalue weighted by Gasteiger charge is 2.26. The summed E-state index contributed by atoms with van der Waals surface area (Å²) in [5.41, 5.74) is 3.32. The second-order valence-electron chi connectivity index (χ2n) is 7.13. The van der Waals surface area contributed by atoms with Crippen LogP contribution in [0.2, 0.25) is 0 Å². The van der Waals surface area contributed by atoms with E-state index in [1.807, 2.05) is 32.0 Å². The molecule has 0 aliphatic rings. The van der Waals surface area contributed by atoms with Crippen molar-refractivity contribution in [3.63, 3.8) is 0 Å². The summed E-state index contributed by atoms with van der Waals surface area (Å²) in [6.07, 6.45) is 0. The van der Waals surface area contributed by atoms with Crippen LogP contribution in [0.3, 0.4) is 0 Å². The van der Waals surface area contributed by atoms with E-state index in [0.717, 1.165) is 21.5 Å². The topological polar surface area (TPSA) is 41.9 Å².